The SMILES string of the molecule is CCC(=O)N[C@@H]1CCCN(CCN2CCC[C@@H](NC(=O)CC)C2)C1. The van der Waals surface area contributed by atoms with Crippen LogP contribution in [-0.2, 0) is 9.59 Å². The summed E-state index contributed by atoms with van der Waals surface area (Å²) in [5.74, 6) is 0.319. The first kappa shape index (κ1) is 19.2. The summed E-state index contributed by atoms with van der Waals surface area (Å²) in [4.78, 5) is 28.1. The van der Waals surface area contributed by atoms with E-state index in [2.05, 4.69) is 20.4 Å². The molecule has 0 bridgehead atoms. The Morgan fingerprint density at radius 2 is 1.25 bits per heavy atom. The first-order valence-electron chi connectivity index (χ1n) is 9.64. The van der Waals surface area contributed by atoms with Crippen molar-refractivity contribution < 1.29 is 9.59 Å². The lowest BCUT2D eigenvalue weighted by Crippen LogP contribution is -2.51. The molecule has 0 aromatic carbocycles. The Kier molecular flexibility index (Phi) is 7.99. The molecule has 0 spiro atoms. The molecule has 138 valence electrons. The van der Waals surface area contributed by atoms with E-state index >= 15 is 0 Å². The standard InChI is InChI=1S/C18H34N4O2/c1-3-17(23)19-15-7-5-9-21(13-15)11-12-22-10-6-8-16(14-22)20-18(24)4-2/h15-16H,3-14H2,1-2H3,(H,19,23)(H,20,24)/t15-,16-/m1/s1. The van der Waals surface area contributed by atoms with Gasteiger partial charge in [0.25, 0.3) is 0 Å². The fourth-order valence-electron chi connectivity index (χ4n) is 3.70. The molecule has 0 aromatic rings. The van der Waals surface area contributed by atoms with Crippen LogP contribution in [0.2, 0.25) is 0 Å². The van der Waals surface area contributed by atoms with Crippen LogP contribution in [0.15, 0.2) is 0 Å². The van der Waals surface area contributed by atoms with Gasteiger partial charge in [0.05, 0.1) is 0 Å². The molecule has 24 heavy (non-hydrogen) atoms. The molecule has 2 rings (SSSR count). The Balaban J connectivity index is 1.70. The average Bonchev–Trinajstić information content (AvgIpc) is 2.60. The number of carbonyl (C=O) groups is 2. The molecule has 2 N–H and O–H groups in total. The van der Waals surface area contributed by atoms with Crippen molar-refractivity contribution in [2.24, 2.45) is 0 Å². The molecule has 2 aliphatic heterocycles. The molecule has 6 nitrogen and oxygen atoms in total. The number of hydrogen-bond acceptors (Lipinski definition) is 4. The van der Waals surface area contributed by atoms with E-state index in [1.165, 1.54) is 0 Å². The quantitative estimate of drug-likeness (QED) is 0.726. The number of nitrogens with one attached hydrogen (secondary N) is 2. The Hall–Kier alpha value is -1.14. The van der Waals surface area contributed by atoms with Gasteiger partial charge in [0.15, 0.2) is 0 Å². The fraction of sp³-hybridized carbons (Fsp3) is 0.889. The van der Waals surface area contributed by atoms with E-state index in [4.69, 9.17) is 0 Å². The van der Waals surface area contributed by atoms with E-state index in [0.29, 0.717) is 24.9 Å². The largest absolute Gasteiger partial charge is 0.352 e. The number of hydrogen-bond donors (Lipinski definition) is 2. The highest BCUT2D eigenvalue weighted by Crippen LogP contribution is 2.13. The van der Waals surface area contributed by atoms with Gasteiger partial charge in [0, 0.05) is 51.1 Å². The van der Waals surface area contributed by atoms with Crippen LogP contribution in [0.1, 0.15) is 52.4 Å². The molecule has 2 fully saturated rings. The summed E-state index contributed by atoms with van der Waals surface area (Å²) < 4.78 is 0. The highest BCUT2D eigenvalue weighted by Gasteiger charge is 2.24. The van der Waals surface area contributed by atoms with Crippen LogP contribution >= 0.6 is 0 Å². The van der Waals surface area contributed by atoms with E-state index in [1.54, 1.807) is 0 Å². The molecule has 0 aromatic heterocycles. The summed E-state index contributed by atoms with van der Waals surface area (Å²) in [6, 6.07) is 0.619. The second kappa shape index (κ2) is 9.99. The summed E-state index contributed by atoms with van der Waals surface area (Å²) in [5, 5.41) is 6.26. The lowest BCUT2D eigenvalue weighted by molar-refractivity contribution is -0.122. The number of amides is 2. The van der Waals surface area contributed by atoms with Crippen molar-refractivity contribution in [1.29, 1.82) is 0 Å². The second-order valence-corrected chi connectivity index (χ2v) is 7.12. The first-order chi connectivity index (χ1) is 11.6. The molecular formula is C18H34N4O2. The fourth-order valence-corrected chi connectivity index (χ4v) is 3.70. The molecule has 6 heteroatoms. The zero-order chi connectivity index (χ0) is 17.4. The summed E-state index contributed by atoms with van der Waals surface area (Å²) >= 11 is 0. The van der Waals surface area contributed by atoms with Crippen LogP contribution in [-0.4, -0.2) is 73.0 Å². The van der Waals surface area contributed by atoms with Gasteiger partial charge in [-0.3, -0.25) is 9.59 Å². The highest BCUT2D eigenvalue weighted by atomic mass is 16.2. The third kappa shape index (κ3) is 6.40. The van der Waals surface area contributed by atoms with Gasteiger partial charge in [0.2, 0.25) is 11.8 Å². The summed E-state index contributed by atoms with van der Waals surface area (Å²) in [5.41, 5.74) is 0. The van der Waals surface area contributed by atoms with E-state index in [-0.39, 0.29) is 11.8 Å². The predicted molar refractivity (Wildman–Crippen MR) is 95.8 cm³/mol. The lowest BCUT2D eigenvalue weighted by Gasteiger charge is -2.37. The molecule has 2 atom stereocenters. The molecule has 2 saturated heterocycles. The maximum atomic E-state index is 11.6. The van der Waals surface area contributed by atoms with Gasteiger partial charge in [-0.25, -0.2) is 0 Å². The van der Waals surface area contributed by atoms with Gasteiger partial charge in [0.1, 0.15) is 0 Å². The number of piperidine rings is 2. The van der Waals surface area contributed by atoms with Gasteiger partial charge >= 0.3 is 0 Å². The minimum Gasteiger partial charge on any atom is -0.352 e. The predicted octanol–water partition coefficient (Wildman–Crippen LogP) is 0.968. The summed E-state index contributed by atoms with van der Waals surface area (Å²) in [6.45, 7) is 10.1. The Labute approximate surface area is 146 Å². The molecule has 0 aliphatic carbocycles. The molecule has 0 radical (unpaired) electrons. The van der Waals surface area contributed by atoms with Crippen molar-refractivity contribution in [2.45, 2.75) is 64.5 Å². The van der Waals surface area contributed by atoms with Crippen molar-refractivity contribution in [3.8, 4) is 0 Å². The van der Waals surface area contributed by atoms with Crippen LogP contribution in [0.25, 0.3) is 0 Å². The van der Waals surface area contributed by atoms with Crippen LogP contribution in [0.4, 0.5) is 0 Å². The Morgan fingerprint density at radius 3 is 1.62 bits per heavy atom. The third-order valence-corrected chi connectivity index (χ3v) is 5.12. The minimum absolute atomic E-state index is 0.160. The van der Waals surface area contributed by atoms with Gasteiger partial charge in [-0.2, -0.15) is 0 Å². The average molecular weight is 338 g/mol. The number of carbonyl (C=O) groups excluding carboxylic acids is 2. The highest BCUT2D eigenvalue weighted by molar-refractivity contribution is 5.76. The molecule has 2 aliphatic rings. The second-order valence-electron chi connectivity index (χ2n) is 7.12. The van der Waals surface area contributed by atoms with Crippen LogP contribution in [0.3, 0.4) is 0 Å². The zero-order valence-electron chi connectivity index (χ0n) is 15.4. The van der Waals surface area contributed by atoms with Crippen LogP contribution < -0.4 is 10.6 Å². The Morgan fingerprint density at radius 1 is 0.833 bits per heavy atom. The van der Waals surface area contributed by atoms with Crippen molar-refractivity contribution >= 4 is 11.8 Å². The van der Waals surface area contributed by atoms with Gasteiger partial charge < -0.3 is 20.4 Å². The number of rotatable bonds is 7. The number of likely N-dealkylation sites (tertiary alicyclic amines) is 2. The molecule has 2 amide bonds. The summed E-state index contributed by atoms with van der Waals surface area (Å²) in [6.07, 6.45) is 5.63. The molecule has 0 unspecified atom stereocenters. The van der Waals surface area contributed by atoms with E-state index in [9.17, 15) is 9.59 Å². The van der Waals surface area contributed by atoms with Gasteiger partial charge in [-0.15, -0.1) is 0 Å². The van der Waals surface area contributed by atoms with Crippen LogP contribution in [0.5, 0.6) is 0 Å². The van der Waals surface area contributed by atoms with Crippen molar-refractivity contribution in [2.75, 3.05) is 39.3 Å². The molecular weight excluding hydrogens is 304 g/mol. The Bertz CT molecular complexity index is 378. The minimum atomic E-state index is 0.160. The topological polar surface area (TPSA) is 64.7 Å². The smallest absolute Gasteiger partial charge is 0.219 e. The monoisotopic (exact) mass is 338 g/mol. The van der Waals surface area contributed by atoms with Crippen molar-refractivity contribution in [3.05, 3.63) is 0 Å². The van der Waals surface area contributed by atoms with Crippen molar-refractivity contribution in [3.63, 3.8) is 0 Å². The van der Waals surface area contributed by atoms with Gasteiger partial charge in [-0.1, -0.05) is 13.8 Å². The molecule has 0 saturated carbocycles. The number of nitrogens with zero attached hydrogens (tertiary/aromatic N) is 2. The van der Waals surface area contributed by atoms with E-state index in [1.807, 2.05) is 13.8 Å². The first-order valence-corrected chi connectivity index (χ1v) is 9.64. The van der Waals surface area contributed by atoms with Gasteiger partial charge in [-0.05, 0) is 38.8 Å². The van der Waals surface area contributed by atoms with Crippen LogP contribution in [0, 0.1) is 0 Å². The third-order valence-electron chi connectivity index (χ3n) is 5.12. The van der Waals surface area contributed by atoms with Crippen molar-refractivity contribution in [1.82, 2.24) is 20.4 Å². The molecule has 2 heterocycles. The van der Waals surface area contributed by atoms with E-state index in [0.717, 1.165) is 65.0 Å². The maximum Gasteiger partial charge on any atom is 0.219 e. The van der Waals surface area contributed by atoms with E-state index < -0.39 is 0 Å². The maximum absolute atomic E-state index is 11.6. The zero-order valence-corrected chi connectivity index (χ0v) is 15.4. The lowest BCUT2D eigenvalue weighted by atomic mass is 10.0. The summed E-state index contributed by atoms with van der Waals surface area (Å²) in [7, 11) is 0. The normalized spacial score (nSPS) is 26.1.